The molecule has 1 aromatic carbocycles. The number of hydrogen-bond acceptors (Lipinski definition) is 3. The molecule has 2 unspecified atom stereocenters. The highest BCUT2D eigenvalue weighted by atomic mass is 79.9. The highest BCUT2D eigenvalue weighted by Crippen LogP contribution is 2.18. The summed E-state index contributed by atoms with van der Waals surface area (Å²) in [5.41, 5.74) is 3.12. The third-order valence-corrected chi connectivity index (χ3v) is 4.25. The van der Waals surface area contributed by atoms with Crippen molar-refractivity contribution in [2.45, 2.75) is 32.0 Å². The Morgan fingerprint density at radius 1 is 1.52 bits per heavy atom. The van der Waals surface area contributed by atoms with Crippen molar-refractivity contribution >= 4 is 21.8 Å². The molecule has 1 aliphatic rings. The van der Waals surface area contributed by atoms with Gasteiger partial charge in [0, 0.05) is 17.4 Å². The van der Waals surface area contributed by atoms with Crippen LogP contribution in [0.25, 0.3) is 0 Å². The number of aromatic nitrogens is 2. The van der Waals surface area contributed by atoms with Crippen LogP contribution >= 0.6 is 15.9 Å². The van der Waals surface area contributed by atoms with Gasteiger partial charge in [0.05, 0.1) is 29.8 Å². The van der Waals surface area contributed by atoms with Crippen molar-refractivity contribution in [1.29, 1.82) is 0 Å². The molecule has 21 heavy (non-hydrogen) atoms. The molecular weight excluding hydrogens is 332 g/mol. The first-order chi connectivity index (χ1) is 10.1. The van der Waals surface area contributed by atoms with Crippen molar-refractivity contribution in [2.75, 3.05) is 0 Å². The van der Waals surface area contributed by atoms with Gasteiger partial charge < -0.3 is 10.3 Å². The summed E-state index contributed by atoms with van der Waals surface area (Å²) < 4.78 is 1.01. The van der Waals surface area contributed by atoms with E-state index in [-0.39, 0.29) is 18.0 Å². The number of aromatic amines is 1. The van der Waals surface area contributed by atoms with Crippen molar-refractivity contribution in [2.24, 2.45) is 0 Å². The molecule has 6 heteroatoms. The van der Waals surface area contributed by atoms with Crippen LogP contribution in [0.3, 0.4) is 0 Å². The molecule has 3 N–H and O–H groups in total. The second-order valence-electron chi connectivity index (χ2n) is 5.25. The molecular formula is C15H17BrN4O. The Labute approximate surface area is 131 Å². The molecule has 0 spiro atoms. The Balaban J connectivity index is 1.64. The van der Waals surface area contributed by atoms with Crippen molar-refractivity contribution in [3.05, 3.63) is 52.0 Å². The number of fused-ring (bicyclic) bond motifs is 1. The lowest BCUT2D eigenvalue weighted by atomic mass is 10.0. The molecule has 0 aliphatic carbocycles. The average molecular weight is 349 g/mol. The van der Waals surface area contributed by atoms with Crippen molar-refractivity contribution in [1.82, 2.24) is 20.6 Å². The quantitative estimate of drug-likeness (QED) is 0.795. The van der Waals surface area contributed by atoms with E-state index in [1.54, 1.807) is 6.33 Å². The third kappa shape index (κ3) is 3.16. The highest BCUT2D eigenvalue weighted by molar-refractivity contribution is 9.10. The number of hydrogen-bond donors (Lipinski definition) is 3. The zero-order valence-electron chi connectivity index (χ0n) is 11.7. The average Bonchev–Trinajstić information content (AvgIpc) is 2.94. The fraction of sp³-hybridized carbons (Fsp3) is 0.333. The predicted octanol–water partition coefficient (Wildman–Crippen LogP) is 2.06. The first-order valence-electron chi connectivity index (χ1n) is 6.94. The molecule has 1 aromatic heterocycles. The normalized spacial score (nSPS) is 18.9. The van der Waals surface area contributed by atoms with Crippen LogP contribution in [0.1, 0.15) is 29.9 Å². The van der Waals surface area contributed by atoms with E-state index in [4.69, 9.17) is 0 Å². The van der Waals surface area contributed by atoms with Gasteiger partial charge in [-0.2, -0.15) is 0 Å². The van der Waals surface area contributed by atoms with E-state index < -0.39 is 0 Å². The largest absolute Gasteiger partial charge is 0.348 e. The SMILES string of the molecule is CC(NC(=O)C1Cc2nc[nH]c2CN1)c1cccc(Br)c1. The topological polar surface area (TPSA) is 69.8 Å². The summed E-state index contributed by atoms with van der Waals surface area (Å²) in [5.74, 6) is 0.0103. The first kappa shape index (κ1) is 14.3. The summed E-state index contributed by atoms with van der Waals surface area (Å²) in [6.07, 6.45) is 2.30. The maximum absolute atomic E-state index is 12.4. The number of carbonyl (C=O) groups is 1. The molecule has 2 heterocycles. The van der Waals surface area contributed by atoms with E-state index in [9.17, 15) is 4.79 Å². The van der Waals surface area contributed by atoms with E-state index in [1.165, 1.54) is 0 Å². The minimum Gasteiger partial charge on any atom is -0.348 e. The van der Waals surface area contributed by atoms with Crippen LogP contribution in [0.5, 0.6) is 0 Å². The smallest absolute Gasteiger partial charge is 0.238 e. The van der Waals surface area contributed by atoms with Gasteiger partial charge >= 0.3 is 0 Å². The lowest BCUT2D eigenvalue weighted by Crippen LogP contribution is -2.48. The Kier molecular flexibility index (Phi) is 4.07. The number of nitrogens with zero attached hydrogens (tertiary/aromatic N) is 1. The monoisotopic (exact) mass is 348 g/mol. The van der Waals surface area contributed by atoms with E-state index in [0.717, 1.165) is 21.4 Å². The second kappa shape index (κ2) is 5.99. The molecule has 2 aromatic rings. The highest BCUT2D eigenvalue weighted by Gasteiger charge is 2.26. The fourth-order valence-corrected chi connectivity index (χ4v) is 2.94. The van der Waals surface area contributed by atoms with Crippen molar-refractivity contribution in [3.63, 3.8) is 0 Å². The van der Waals surface area contributed by atoms with Crippen LogP contribution < -0.4 is 10.6 Å². The van der Waals surface area contributed by atoms with E-state index >= 15 is 0 Å². The number of nitrogens with one attached hydrogen (secondary N) is 3. The molecule has 0 radical (unpaired) electrons. The van der Waals surface area contributed by atoms with Gasteiger partial charge in [-0.15, -0.1) is 0 Å². The Morgan fingerprint density at radius 2 is 2.38 bits per heavy atom. The van der Waals surface area contributed by atoms with Crippen molar-refractivity contribution in [3.8, 4) is 0 Å². The van der Waals surface area contributed by atoms with Gasteiger partial charge in [-0.3, -0.25) is 10.1 Å². The van der Waals surface area contributed by atoms with Gasteiger partial charge in [-0.25, -0.2) is 4.98 Å². The molecule has 3 rings (SSSR count). The second-order valence-corrected chi connectivity index (χ2v) is 6.17. The minimum atomic E-state index is -0.226. The lowest BCUT2D eigenvalue weighted by molar-refractivity contribution is -0.124. The maximum atomic E-state index is 12.4. The summed E-state index contributed by atoms with van der Waals surface area (Å²) in [4.78, 5) is 19.7. The van der Waals surface area contributed by atoms with Crippen LogP contribution in [-0.2, 0) is 17.8 Å². The summed E-state index contributed by atoms with van der Waals surface area (Å²) in [5, 5.41) is 6.29. The van der Waals surface area contributed by atoms with Gasteiger partial charge in [-0.05, 0) is 24.6 Å². The van der Waals surface area contributed by atoms with Gasteiger partial charge in [0.15, 0.2) is 0 Å². The molecule has 0 bridgehead atoms. The summed E-state index contributed by atoms with van der Waals surface area (Å²) in [6.45, 7) is 2.64. The zero-order valence-corrected chi connectivity index (χ0v) is 13.3. The summed E-state index contributed by atoms with van der Waals surface area (Å²) in [6, 6.07) is 7.71. The number of halogens is 1. The first-order valence-corrected chi connectivity index (χ1v) is 7.73. The number of benzene rings is 1. The summed E-state index contributed by atoms with van der Waals surface area (Å²) in [7, 11) is 0. The molecule has 5 nitrogen and oxygen atoms in total. The maximum Gasteiger partial charge on any atom is 0.238 e. The van der Waals surface area contributed by atoms with Gasteiger partial charge in [0.25, 0.3) is 0 Å². The zero-order chi connectivity index (χ0) is 14.8. The molecule has 2 atom stereocenters. The van der Waals surface area contributed by atoms with Gasteiger partial charge in [0.1, 0.15) is 0 Å². The Hall–Kier alpha value is -1.66. The molecule has 0 fully saturated rings. The van der Waals surface area contributed by atoms with Gasteiger partial charge in [-0.1, -0.05) is 28.1 Å². The molecule has 0 saturated carbocycles. The minimum absolute atomic E-state index is 0.0103. The van der Waals surface area contributed by atoms with E-state index in [0.29, 0.717) is 13.0 Å². The Morgan fingerprint density at radius 3 is 3.19 bits per heavy atom. The fourth-order valence-electron chi connectivity index (χ4n) is 2.53. The molecule has 110 valence electrons. The van der Waals surface area contributed by atoms with E-state index in [2.05, 4.69) is 36.5 Å². The van der Waals surface area contributed by atoms with Crippen molar-refractivity contribution < 1.29 is 4.79 Å². The third-order valence-electron chi connectivity index (χ3n) is 3.75. The summed E-state index contributed by atoms with van der Waals surface area (Å²) >= 11 is 3.45. The molecule has 0 saturated heterocycles. The van der Waals surface area contributed by atoms with Crippen LogP contribution in [0.15, 0.2) is 35.1 Å². The van der Waals surface area contributed by atoms with E-state index in [1.807, 2.05) is 31.2 Å². The number of H-pyrrole nitrogens is 1. The Bertz CT molecular complexity index is 655. The number of amides is 1. The standard InChI is InChI=1S/C15H17BrN4O/c1-9(10-3-2-4-11(16)5-10)20-15(21)13-6-12-14(7-17-13)19-8-18-12/h2-5,8-9,13,17H,6-7H2,1H3,(H,18,19)(H,20,21). The van der Waals surface area contributed by atoms with Gasteiger partial charge in [0.2, 0.25) is 5.91 Å². The molecule has 1 amide bonds. The number of carbonyl (C=O) groups excluding carboxylic acids is 1. The van der Waals surface area contributed by atoms with Crippen LogP contribution in [0.2, 0.25) is 0 Å². The van der Waals surface area contributed by atoms with Crippen LogP contribution in [-0.4, -0.2) is 21.9 Å². The number of rotatable bonds is 3. The number of imidazole rings is 1. The predicted molar refractivity (Wildman–Crippen MR) is 83.6 cm³/mol. The molecule has 1 aliphatic heterocycles. The lowest BCUT2D eigenvalue weighted by Gasteiger charge is -2.24. The van der Waals surface area contributed by atoms with Crippen LogP contribution in [0.4, 0.5) is 0 Å². The van der Waals surface area contributed by atoms with Crippen LogP contribution in [0, 0.1) is 0 Å².